The molecule has 4 rings (SSSR count). The number of fused-ring (bicyclic) bond motifs is 1. The van der Waals surface area contributed by atoms with E-state index in [0.29, 0.717) is 23.3 Å². The van der Waals surface area contributed by atoms with Crippen molar-refractivity contribution in [2.75, 3.05) is 19.4 Å². The third kappa shape index (κ3) is 4.62. The summed E-state index contributed by atoms with van der Waals surface area (Å²) in [4.78, 5) is 25.1. The van der Waals surface area contributed by atoms with Crippen molar-refractivity contribution < 1.29 is 5.11 Å². The van der Waals surface area contributed by atoms with Gasteiger partial charge in [-0.25, -0.2) is 9.97 Å². The summed E-state index contributed by atoms with van der Waals surface area (Å²) in [5, 5.41) is 14.0. The number of hydrogen-bond donors (Lipinski definition) is 2. The number of anilines is 1. The van der Waals surface area contributed by atoms with Gasteiger partial charge in [0.2, 0.25) is 5.95 Å². The molecule has 2 N–H and O–H groups in total. The fourth-order valence-electron chi connectivity index (χ4n) is 5.17. The minimum Gasteiger partial charge on any atom is -0.393 e. The monoisotopic (exact) mass is 427 g/mol. The standard InChI is InChI=1S/C24H37N5O2/c1-5-15(2)26-24-25-13-20-22(27-24)21(16-6-10-19(30)11-7-16)14-29(23(20)31)18-9-8-17(12-18)28(3)4/h13-19,30H,5-12H2,1-4H3,(H,25,26,27)/t15-,16-,17-,18-,19-/m0/s1. The SMILES string of the molecule is CC[C@H](C)Nc1ncc2c(=O)n([C@H]3CC[C@H](N(C)C)C3)cc([C@H]3CC[C@H](O)CC3)c2n1. The summed E-state index contributed by atoms with van der Waals surface area (Å²) in [6.45, 7) is 4.23. The van der Waals surface area contributed by atoms with Crippen LogP contribution in [0, 0.1) is 0 Å². The van der Waals surface area contributed by atoms with Crippen LogP contribution >= 0.6 is 0 Å². The van der Waals surface area contributed by atoms with Crippen LogP contribution in [0.25, 0.3) is 10.9 Å². The van der Waals surface area contributed by atoms with Crippen LogP contribution in [-0.4, -0.2) is 56.8 Å². The second-order valence-corrected chi connectivity index (χ2v) is 9.80. The molecule has 170 valence electrons. The highest BCUT2D eigenvalue weighted by molar-refractivity contribution is 5.81. The molecule has 0 bridgehead atoms. The van der Waals surface area contributed by atoms with Crippen molar-refractivity contribution in [2.24, 2.45) is 0 Å². The maximum atomic E-state index is 13.5. The summed E-state index contributed by atoms with van der Waals surface area (Å²) < 4.78 is 1.97. The van der Waals surface area contributed by atoms with E-state index in [1.54, 1.807) is 6.20 Å². The Morgan fingerprint density at radius 2 is 1.97 bits per heavy atom. The van der Waals surface area contributed by atoms with Gasteiger partial charge in [-0.3, -0.25) is 4.79 Å². The Balaban J connectivity index is 1.78. The molecule has 0 aromatic carbocycles. The van der Waals surface area contributed by atoms with Crippen molar-refractivity contribution in [3.05, 3.63) is 28.3 Å². The fraction of sp³-hybridized carbons (Fsp3) is 0.708. The van der Waals surface area contributed by atoms with Gasteiger partial charge in [-0.1, -0.05) is 6.92 Å². The van der Waals surface area contributed by atoms with E-state index in [-0.39, 0.29) is 23.7 Å². The quantitative estimate of drug-likeness (QED) is 0.732. The maximum Gasteiger partial charge on any atom is 0.261 e. The van der Waals surface area contributed by atoms with E-state index >= 15 is 0 Å². The third-order valence-electron chi connectivity index (χ3n) is 7.43. The molecule has 2 heterocycles. The van der Waals surface area contributed by atoms with E-state index in [1.165, 1.54) is 0 Å². The summed E-state index contributed by atoms with van der Waals surface area (Å²) in [7, 11) is 4.24. The number of rotatable bonds is 6. The van der Waals surface area contributed by atoms with Gasteiger partial charge in [0.25, 0.3) is 5.56 Å². The number of nitrogens with one attached hydrogen (secondary N) is 1. The maximum absolute atomic E-state index is 13.5. The molecule has 0 saturated heterocycles. The number of aliphatic hydroxyl groups excluding tert-OH is 1. The van der Waals surface area contributed by atoms with Crippen molar-refractivity contribution >= 4 is 16.9 Å². The van der Waals surface area contributed by atoms with Crippen molar-refractivity contribution in [1.82, 2.24) is 19.4 Å². The first kappa shape index (κ1) is 22.2. The van der Waals surface area contributed by atoms with Crippen molar-refractivity contribution in [3.8, 4) is 0 Å². The first-order chi connectivity index (χ1) is 14.9. The van der Waals surface area contributed by atoms with Gasteiger partial charge >= 0.3 is 0 Å². The van der Waals surface area contributed by atoms with Crippen LogP contribution in [0.5, 0.6) is 0 Å². The molecule has 2 aliphatic rings. The molecule has 0 aliphatic heterocycles. The Morgan fingerprint density at radius 3 is 2.61 bits per heavy atom. The minimum absolute atomic E-state index is 0.0223. The highest BCUT2D eigenvalue weighted by Gasteiger charge is 2.30. The predicted molar refractivity (Wildman–Crippen MR) is 125 cm³/mol. The zero-order valence-corrected chi connectivity index (χ0v) is 19.3. The zero-order chi connectivity index (χ0) is 22.1. The molecule has 7 heteroatoms. The fourth-order valence-corrected chi connectivity index (χ4v) is 5.17. The second-order valence-electron chi connectivity index (χ2n) is 9.80. The van der Waals surface area contributed by atoms with E-state index in [9.17, 15) is 9.90 Å². The zero-order valence-electron chi connectivity index (χ0n) is 19.3. The van der Waals surface area contributed by atoms with Gasteiger partial charge < -0.3 is 19.9 Å². The molecule has 3 atom stereocenters. The van der Waals surface area contributed by atoms with Gasteiger partial charge in [-0.05, 0) is 83.9 Å². The smallest absolute Gasteiger partial charge is 0.261 e. The number of pyridine rings is 1. The van der Waals surface area contributed by atoms with E-state index in [1.807, 2.05) is 4.57 Å². The van der Waals surface area contributed by atoms with Crippen LogP contribution in [0.4, 0.5) is 5.95 Å². The number of nitrogens with zero attached hydrogens (tertiary/aromatic N) is 4. The average molecular weight is 428 g/mol. The third-order valence-corrected chi connectivity index (χ3v) is 7.43. The van der Waals surface area contributed by atoms with Gasteiger partial charge in [0.05, 0.1) is 17.0 Å². The number of hydrogen-bond acceptors (Lipinski definition) is 6. The lowest BCUT2D eigenvalue weighted by molar-refractivity contribution is 0.122. The molecule has 2 aliphatic carbocycles. The van der Waals surface area contributed by atoms with E-state index < -0.39 is 0 Å². The molecular formula is C24H37N5O2. The minimum atomic E-state index is -0.207. The second kappa shape index (κ2) is 9.25. The molecular weight excluding hydrogens is 390 g/mol. The number of aliphatic hydroxyl groups is 1. The summed E-state index contributed by atoms with van der Waals surface area (Å²) in [5.41, 5.74) is 1.95. The van der Waals surface area contributed by atoms with Crippen molar-refractivity contribution in [1.29, 1.82) is 0 Å². The molecule has 2 aromatic rings. The molecule has 2 saturated carbocycles. The first-order valence-corrected chi connectivity index (χ1v) is 11.9. The van der Waals surface area contributed by atoms with E-state index in [4.69, 9.17) is 4.98 Å². The van der Waals surface area contributed by atoms with Crippen molar-refractivity contribution in [2.45, 2.75) is 95.4 Å². The molecule has 0 amide bonds. The lowest BCUT2D eigenvalue weighted by Crippen LogP contribution is -2.29. The Morgan fingerprint density at radius 1 is 1.23 bits per heavy atom. The molecule has 0 unspecified atom stereocenters. The Bertz CT molecular complexity index is 964. The molecule has 0 spiro atoms. The average Bonchev–Trinajstić information content (AvgIpc) is 3.25. The lowest BCUT2D eigenvalue weighted by Gasteiger charge is -2.28. The van der Waals surface area contributed by atoms with Crippen LogP contribution in [0.15, 0.2) is 17.2 Å². The largest absolute Gasteiger partial charge is 0.393 e. The van der Waals surface area contributed by atoms with E-state index in [2.05, 4.69) is 49.3 Å². The van der Waals surface area contributed by atoms with Crippen LogP contribution in [0.1, 0.15) is 82.7 Å². The summed E-state index contributed by atoms with van der Waals surface area (Å²) >= 11 is 0. The summed E-state index contributed by atoms with van der Waals surface area (Å²) in [6, 6.07) is 1.00. The number of aromatic nitrogens is 3. The van der Waals surface area contributed by atoms with Gasteiger partial charge in [-0.2, -0.15) is 0 Å². The van der Waals surface area contributed by atoms with Gasteiger partial charge in [0.15, 0.2) is 0 Å². The Hall–Kier alpha value is -1.99. The van der Waals surface area contributed by atoms with Gasteiger partial charge in [-0.15, -0.1) is 0 Å². The van der Waals surface area contributed by atoms with Crippen molar-refractivity contribution in [3.63, 3.8) is 0 Å². The normalized spacial score (nSPS) is 27.7. The summed E-state index contributed by atoms with van der Waals surface area (Å²) in [6.07, 6.45) is 11.2. The Labute approximate surface area is 184 Å². The van der Waals surface area contributed by atoms with Crippen LogP contribution in [-0.2, 0) is 0 Å². The topological polar surface area (TPSA) is 83.3 Å². The van der Waals surface area contributed by atoms with Gasteiger partial charge in [0, 0.05) is 30.5 Å². The predicted octanol–water partition coefficient (Wildman–Crippen LogP) is 3.68. The van der Waals surface area contributed by atoms with Crippen LogP contribution in [0.2, 0.25) is 0 Å². The van der Waals surface area contributed by atoms with Crippen LogP contribution < -0.4 is 10.9 Å². The Kier molecular flexibility index (Phi) is 6.63. The lowest BCUT2D eigenvalue weighted by atomic mass is 9.82. The molecule has 0 radical (unpaired) electrons. The summed E-state index contributed by atoms with van der Waals surface area (Å²) in [5.74, 6) is 0.903. The highest BCUT2D eigenvalue weighted by Crippen LogP contribution is 2.37. The molecule has 2 fully saturated rings. The molecule has 31 heavy (non-hydrogen) atoms. The van der Waals surface area contributed by atoms with Gasteiger partial charge in [0.1, 0.15) is 0 Å². The molecule has 7 nitrogen and oxygen atoms in total. The van der Waals surface area contributed by atoms with Crippen LogP contribution in [0.3, 0.4) is 0 Å². The van der Waals surface area contributed by atoms with E-state index in [0.717, 1.165) is 62.4 Å². The first-order valence-electron chi connectivity index (χ1n) is 11.9. The molecule has 2 aromatic heterocycles. The highest BCUT2D eigenvalue weighted by atomic mass is 16.3.